The summed E-state index contributed by atoms with van der Waals surface area (Å²) in [7, 11) is 0. The summed E-state index contributed by atoms with van der Waals surface area (Å²) < 4.78 is 0. The zero-order valence-electron chi connectivity index (χ0n) is 16.4. The monoisotopic (exact) mass is 379 g/mol. The van der Waals surface area contributed by atoms with E-state index >= 15 is 0 Å². The van der Waals surface area contributed by atoms with Crippen molar-refractivity contribution in [3.8, 4) is 0 Å². The topological polar surface area (TPSA) is 69.7 Å². The summed E-state index contributed by atoms with van der Waals surface area (Å²) in [5.41, 5.74) is 0.518. The van der Waals surface area contributed by atoms with E-state index in [1.54, 1.807) is 24.0 Å². The van der Waals surface area contributed by atoms with Crippen LogP contribution in [0.1, 0.15) is 31.9 Å². The lowest BCUT2D eigenvalue weighted by molar-refractivity contribution is -0.140. The summed E-state index contributed by atoms with van der Waals surface area (Å²) in [6, 6.07) is 18.1. The highest BCUT2D eigenvalue weighted by atomic mass is 16.2. The molecule has 6 nitrogen and oxygen atoms in total. The molecule has 1 fully saturated rings. The van der Waals surface area contributed by atoms with Gasteiger partial charge in [-0.3, -0.25) is 14.5 Å². The van der Waals surface area contributed by atoms with Crippen LogP contribution in [-0.2, 0) is 21.7 Å². The second-order valence-corrected chi connectivity index (χ2v) is 7.41. The minimum atomic E-state index is -1.17. The van der Waals surface area contributed by atoms with Gasteiger partial charge in [0, 0.05) is 12.6 Å². The first kappa shape index (κ1) is 19.6. The number of hydrogen-bond acceptors (Lipinski definition) is 3. The number of amides is 4. The Bertz CT molecular complexity index is 867. The van der Waals surface area contributed by atoms with Crippen LogP contribution in [0.2, 0.25) is 0 Å². The second kappa shape index (κ2) is 7.84. The van der Waals surface area contributed by atoms with Crippen molar-refractivity contribution in [2.24, 2.45) is 0 Å². The summed E-state index contributed by atoms with van der Waals surface area (Å²) in [4.78, 5) is 41.1. The molecule has 4 amide bonds. The molecule has 1 aliphatic heterocycles. The summed E-state index contributed by atoms with van der Waals surface area (Å²) in [5.74, 6) is -0.680. The van der Waals surface area contributed by atoms with Crippen molar-refractivity contribution in [1.29, 1.82) is 0 Å². The molecule has 6 heteroatoms. The van der Waals surface area contributed by atoms with Crippen molar-refractivity contribution in [1.82, 2.24) is 15.1 Å². The third kappa shape index (κ3) is 3.76. The van der Waals surface area contributed by atoms with E-state index in [4.69, 9.17) is 0 Å². The molecule has 146 valence electrons. The van der Waals surface area contributed by atoms with Gasteiger partial charge in [-0.15, -0.1) is 0 Å². The average molecular weight is 379 g/mol. The number of carbonyl (C=O) groups is 3. The minimum Gasteiger partial charge on any atom is -0.334 e. The van der Waals surface area contributed by atoms with Crippen LogP contribution in [0.25, 0.3) is 0 Å². The van der Waals surface area contributed by atoms with Crippen LogP contribution >= 0.6 is 0 Å². The van der Waals surface area contributed by atoms with Crippen molar-refractivity contribution < 1.29 is 14.4 Å². The normalized spacial score (nSPS) is 19.1. The molecule has 0 radical (unpaired) electrons. The van der Waals surface area contributed by atoms with Gasteiger partial charge in [0.1, 0.15) is 12.1 Å². The van der Waals surface area contributed by atoms with Gasteiger partial charge < -0.3 is 10.2 Å². The molecule has 2 aromatic rings. The average Bonchev–Trinajstić information content (AvgIpc) is 2.91. The van der Waals surface area contributed by atoms with Gasteiger partial charge in [0.15, 0.2) is 0 Å². The molecule has 0 aliphatic carbocycles. The third-order valence-electron chi connectivity index (χ3n) is 5.06. The van der Waals surface area contributed by atoms with Crippen molar-refractivity contribution in [3.05, 3.63) is 71.8 Å². The van der Waals surface area contributed by atoms with Gasteiger partial charge in [-0.05, 0) is 31.9 Å². The second-order valence-electron chi connectivity index (χ2n) is 7.41. The predicted molar refractivity (Wildman–Crippen MR) is 106 cm³/mol. The van der Waals surface area contributed by atoms with E-state index in [0.717, 1.165) is 10.5 Å². The van der Waals surface area contributed by atoms with Crippen molar-refractivity contribution in [2.75, 3.05) is 6.54 Å². The van der Waals surface area contributed by atoms with E-state index < -0.39 is 17.5 Å². The zero-order valence-corrected chi connectivity index (χ0v) is 16.4. The highest BCUT2D eigenvalue weighted by Gasteiger charge is 2.49. The highest BCUT2D eigenvalue weighted by molar-refractivity contribution is 6.09. The first-order chi connectivity index (χ1) is 13.3. The number of imide groups is 1. The van der Waals surface area contributed by atoms with Gasteiger partial charge in [0.05, 0.1) is 0 Å². The highest BCUT2D eigenvalue weighted by Crippen LogP contribution is 2.28. The molecule has 1 atom stereocenters. The molecule has 1 aliphatic rings. The van der Waals surface area contributed by atoms with Gasteiger partial charge in [0.2, 0.25) is 5.91 Å². The first-order valence-electron chi connectivity index (χ1n) is 9.36. The fraction of sp³-hybridized carbons (Fsp3) is 0.318. The Labute approximate surface area is 165 Å². The molecule has 0 spiro atoms. The van der Waals surface area contributed by atoms with Crippen LogP contribution in [-0.4, -0.2) is 40.2 Å². The fourth-order valence-electron chi connectivity index (χ4n) is 3.37. The SMILES string of the molecule is CC(C)N(Cc1ccccc1)C(=O)CN1C(=O)N[C@@](C)(c2ccccc2)C1=O. The lowest BCUT2D eigenvalue weighted by Crippen LogP contribution is -2.46. The first-order valence-corrected chi connectivity index (χ1v) is 9.36. The Hall–Kier alpha value is -3.15. The molecular weight excluding hydrogens is 354 g/mol. The number of nitrogens with zero attached hydrogens (tertiary/aromatic N) is 2. The minimum absolute atomic E-state index is 0.0611. The summed E-state index contributed by atoms with van der Waals surface area (Å²) >= 11 is 0. The van der Waals surface area contributed by atoms with Gasteiger partial charge in [-0.25, -0.2) is 4.79 Å². The van der Waals surface area contributed by atoms with Crippen LogP contribution in [0, 0.1) is 0 Å². The fourth-order valence-corrected chi connectivity index (χ4v) is 3.37. The Morgan fingerprint density at radius 1 is 1.04 bits per heavy atom. The Morgan fingerprint density at radius 3 is 2.18 bits per heavy atom. The molecule has 0 saturated carbocycles. The predicted octanol–water partition coefficient (Wildman–Crippen LogP) is 2.89. The van der Waals surface area contributed by atoms with E-state index in [1.807, 2.05) is 62.4 Å². The van der Waals surface area contributed by atoms with Crippen LogP contribution in [0.15, 0.2) is 60.7 Å². The van der Waals surface area contributed by atoms with Gasteiger partial charge in [0.25, 0.3) is 5.91 Å². The molecule has 28 heavy (non-hydrogen) atoms. The Balaban J connectivity index is 1.77. The summed E-state index contributed by atoms with van der Waals surface area (Å²) in [5, 5.41) is 2.74. The number of urea groups is 1. The zero-order chi connectivity index (χ0) is 20.3. The van der Waals surface area contributed by atoms with E-state index in [2.05, 4.69) is 5.32 Å². The maximum Gasteiger partial charge on any atom is 0.325 e. The Kier molecular flexibility index (Phi) is 5.49. The quantitative estimate of drug-likeness (QED) is 0.785. The summed E-state index contributed by atoms with van der Waals surface area (Å²) in [6.07, 6.45) is 0. The van der Waals surface area contributed by atoms with Crippen molar-refractivity contribution in [2.45, 2.75) is 38.9 Å². The maximum atomic E-state index is 13.0. The number of carbonyl (C=O) groups excluding carboxylic acids is 3. The molecule has 1 N–H and O–H groups in total. The molecule has 3 rings (SSSR count). The van der Waals surface area contributed by atoms with Gasteiger partial charge in [-0.1, -0.05) is 60.7 Å². The molecule has 1 heterocycles. The van der Waals surface area contributed by atoms with Crippen LogP contribution in [0.5, 0.6) is 0 Å². The molecule has 1 saturated heterocycles. The molecule has 2 aromatic carbocycles. The number of rotatable bonds is 6. The largest absolute Gasteiger partial charge is 0.334 e. The molecule has 0 unspecified atom stereocenters. The van der Waals surface area contributed by atoms with E-state index in [9.17, 15) is 14.4 Å². The Morgan fingerprint density at radius 2 is 1.61 bits per heavy atom. The lowest BCUT2D eigenvalue weighted by atomic mass is 9.92. The number of nitrogens with one attached hydrogen (secondary N) is 1. The van der Waals surface area contributed by atoms with Crippen LogP contribution in [0.4, 0.5) is 4.79 Å². The number of hydrogen-bond donors (Lipinski definition) is 1. The van der Waals surface area contributed by atoms with Gasteiger partial charge in [-0.2, -0.15) is 0 Å². The lowest BCUT2D eigenvalue weighted by Gasteiger charge is -2.28. The molecule has 0 bridgehead atoms. The molecular formula is C22H25N3O3. The third-order valence-corrected chi connectivity index (χ3v) is 5.06. The standard InChI is InChI=1S/C22H25N3O3/c1-16(2)24(14-17-10-6-4-7-11-17)19(26)15-25-20(27)22(3,23-21(25)28)18-12-8-5-9-13-18/h4-13,16H,14-15H2,1-3H3,(H,23,28)/t22-/m0/s1. The number of benzene rings is 2. The van der Waals surface area contributed by atoms with Crippen LogP contribution < -0.4 is 5.32 Å². The van der Waals surface area contributed by atoms with E-state index in [-0.39, 0.29) is 18.5 Å². The van der Waals surface area contributed by atoms with Crippen molar-refractivity contribution >= 4 is 17.8 Å². The van der Waals surface area contributed by atoms with Crippen molar-refractivity contribution in [3.63, 3.8) is 0 Å². The maximum absolute atomic E-state index is 13.0. The van der Waals surface area contributed by atoms with Gasteiger partial charge >= 0.3 is 6.03 Å². The molecule has 0 aromatic heterocycles. The summed E-state index contributed by atoms with van der Waals surface area (Å²) in [6.45, 7) is 5.65. The smallest absolute Gasteiger partial charge is 0.325 e. The van der Waals surface area contributed by atoms with E-state index in [0.29, 0.717) is 12.1 Å². The van der Waals surface area contributed by atoms with E-state index in [1.165, 1.54) is 0 Å². The van der Waals surface area contributed by atoms with Crippen LogP contribution in [0.3, 0.4) is 0 Å².